The Morgan fingerprint density at radius 2 is 1.69 bits per heavy atom. The van der Waals surface area contributed by atoms with Crippen molar-refractivity contribution in [1.29, 1.82) is 0 Å². The molecule has 29 heavy (non-hydrogen) atoms. The molecule has 0 radical (unpaired) electrons. The van der Waals surface area contributed by atoms with Gasteiger partial charge in [0, 0.05) is 38.4 Å². The van der Waals surface area contributed by atoms with Crippen molar-refractivity contribution >= 4 is 17.5 Å². The van der Waals surface area contributed by atoms with E-state index in [-0.39, 0.29) is 23.7 Å². The van der Waals surface area contributed by atoms with E-state index in [1.807, 2.05) is 43.0 Å². The van der Waals surface area contributed by atoms with Crippen LogP contribution in [0.1, 0.15) is 23.1 Å². The van der Waals surface area contributed by atoms with E-state index in [9.17, 15) is 9.59 Å². The molecule has 0 aromatic heterocycles. The Kier molecular flexibility index (Phi) is 5.67. The molecule has 1 aliphatic carbocycles. The molecule has 1 heterocycles. The van der Waals surface area contributed by atoms with Crippen molar-refractivity contribution in [3.05, 3.63) is 65.2 Å². The number of hydrogen-bond acceptors (Lipinski definition) is 3. The highest BCUT2D eigenvalue weighted by Gasteiger charge is 2.49. The standard InChI is InChI=1S/C24H29N3O2/c1-17-8-9-18(2)22(14-17)25-23(28)20-15-21(20)24(29)27-12-10-26(11-13-27)16-19-6-4-3-5-7-19/h3-9,14,20-21H,10-13,15-16H2,1-2H3,(H,25,28). The van der Waals surface area contributed by atoms with Crippen molar-refractivity contribution in [3.63, 3.8) is 0 Å². The normalized spacial score (nSPS) is 21.7. The number of amides is 2. The lowest BCUT2D eigenvalue weighted by Crippen LogP contribution is -2.49. The molecule has 2 unspecified atom stereocenters. The zero-order chi connectivity index (χ0) is 20.4. The lowest BCUT2D eigenvalue weighted by atomic mass is 10.1. The first-order valence-electron chi connectivity index (χ1n) is 10.4. The molecule has 2 atom stereocenters. The zero-order valence-corrected chi connectivity index (χ0v) is 17.2. The summed E-state index contributed by atoms with van der Waals surface area (Å²) in [6.07, 6.45) is 0.666. The number of anilines is 1. The largest absolute Gasteiger partial charge is 0.340 e. The van der Waals surface area contributed by atoms with Crippen LogP contribution in [-0.4, -0.2) is 47.8 Å². The van der Waals surface area contributed by atoms with Crippen molar-refractivity contribution in [2.75, 3.05) is 31.5 Å². The van der Waals surface area contributed by atoms with Gasteiger partial charge in [-0.05, 0) is 43.0 Å². The molecular formula is C24H29N3O2. The summed E-state index contributed by atoms with van der Waals surface area (Å²) in [6, 6.07) is 16.5. The third-order valence-electron chi connectivity index (χ3n) is 6.03. The predicted molar refractivity (Wildman–Crippen MR) is 114 cm³/mol. The molecule has 2 aromatic carbocycles. The monoisotopic (exact) mass is 391 g/mol. The minimum atomic E-state index is -0.190. The van der Waals surface area contributed by atoms with Gasteiger partial charge in [-0.15, -0.1) is 0 Å². The molecule has 5 nitrogen and oxygen atoms in total. The number of nitrogens with zero attached hydrogens (tertiary/aromatic N) is 2. The van der Waals surface area contributed by atoms with E-state index in [0.29, 0.717) is 6.42 Å². The lowest BCUT2D eigenvalue weighted by molar-refractivity contribution is -0.135. The van der Waals surface area contributed by atoms with Gasteiger partial charge in [-0.2, -0.15) is 0 Å². The van der Waals surface area contributed by atoms with Crippen LogP contribution < -0.4 is 5.32 Å². The fourth-order valence-electron chi connectivity index (χ4n) is 4.06. The fourth-order valence-corrected chi connectivity index (χ4v) is 4.06. The second kappa shape index (κ2) is 8.37. The number of piperazine rings is 1. The van der Waals surface area contributed by atoms with Crippen LogP contribution in [-0.2, 0) is 16.1 Å². The van der Waals surface area contributed by atoms with Crippen LogP contribution in [0.15, 0.2) is 48.5 Å². The molecular weight excluding hydrogens is 362 g/mol. The Labute approximate surface area is 172 Å². The number of benzene rings is 2. The van der Waals surface area contributed by atoms with E-state index in [1.165, 1.54) is 5.56 Å². The van der Waals surface area contributed by atoms with Crippen LogP contribution in [0.2, 0.25) is 0 Å². The first kappa shape index (κ1) is 19.6. The third-order valence-corrected chi connectivity index (χ3v) is 6.03. The highest BCUT2D eigenvalue weighted by atomic mass is 16.2. The average molecular weight is 392 g/mol. The van der Waals surface area contributed by atoms with Gasteiger partial charge in [0.2, 0.25) is 11.8 Å². The quantitative estimate of drug-likeness (QED) is 0.851. The van der Waals surface area contributed by atoms with Crippen molar-refractivity contribution in [1.82, 2.24) is 9.80 Å². The lowest BCUT2D eigenvalue weighted by Gasteiger charge is -2.35. The van der Waals surface area contributed by atoms with Crippen molar-refractivity contribution in [2.45, 2.75) is 26.8 Å². The van der Waals surface area contributed by atoms with Gasteiger partial charge in [-0.1, -0.05) is 42.5 Å². The Morgan fingerprint density at radius 3 is 2.41 bits per heavy atom. The zero-order valence-electron chi connectivity index (χ0n) is 17.2. The highest BCUT2D eigenvalue weighted by molar-refractivity contribution is 6.00. The minimum absolute atomic E-state index is 0.0280. The van der Waals surface area contributed by atoms with Crippen LogP contribution >= 0.6 is 0 Å². The predicted octanol–water partition coefficient (Wildman–Crippen LogP) is 3.22. The van der Waals surface area contributed by atoms with E-state index in [1.54, 1.807) is 0 Å². The summed E-state index contributed by atoms with van der Waals surface area (Å²) < 4.78 is 0. The van der Waals surface area contributed by atoms with Gasteiger partial charge in [-0.25, -0.2) is 0 Å². The maximum Gasteiger partial charge on any atom is 0.228 e. The third kappa shape index (κ3) is 4.67. The minimum Gasteiger partial charge on any atom is -0.340 e. The topological polar surface area (TPSA) is 52.7 Å². The van der Waals surface area contributed by atoms with Crippen LogP contribution in [0.4, 0.5) is 5.69 Å². The SMILES string of the molecule is Cc1ccc(C)c(NC(=O)C2CC2C(=O)N2CCN(Cc3ccccc3)CC2)c1. The van der Waals surface area contributed by atoms with Gasteiger partial charge in [-0.3, -0.25) is 14.5 Å². The Bertz CT molecular complexity index is 888. The summed E-state index contributed by atoms with van der Waals surface area (Å²) in [7, 11) is 0. The van der Waals surface area contributed by atoms with Gasteiger partial charge >= 0.3 is 0 Å². The van der Waals surface area contributed by atoms with Gasteiger partial charge < -0.3 is 10.2 Å². The maximum absolute atomic E-state index is 12.8. The van der Waals surface area contributed by atoms with Crippen LogP contribution in [0.5, 0.6) is 0 Å². The molecule has 1 saturated heterocycles. The summed E-state index contributed by atoms with van der Waals surface area (Å²) in [5.74, 6) is -0.226. The number of carbonyl (C=O) groups is 2. The Morgan fingerprint density at radius 1 is 0.966 bits per heavy atom. The van der Waals surface area contributed by atoms with E-state index in [0.717, 1.165) is 49.5 Å². The van der Waals surface area contributed by atoms with Crippen molar-refractivity contribution in [2.24, 2.45) is 11.8 Å². The number of hydrogen-bond donors (Lipinski definition) is 1. The van der Waals surface area contributed by atoms with E-state index < -0.39 is 0 Å². The van der Waals surface area contributed by atoms with Gasteiger partial charge in [0.25, 0.3) is 0 Å². The second-order valence-corrected chi connectivity index (χ2v) is 8.34. The van der Waals surface area contributed by atoms with Crippen LogP contribution in [0.3, 0.4) is 0 Å². The fraction of sp³-hybridized carbons (Fsp3) is 0.417. The number of carbonyl (C=O) groups excluding carboxylic acids is 2. The van der Waals surface area contributed by atoms with E-state index in [2.05, 4.69) is 34.5 Å². The van der Waals surface area contributed by atoms with Crippen molar-refractivity contribution in [3.8, 4) is 0 Å². The summed E-state index contributed by atoms with van der Waals surface area (Å²) in [6.45, 7) is 8.17. The summed E-state index contributed by atoms with van der Waals surface area (Å²) >= 11 is 0. The number of aryl methyl sites for hydroxylation is 2. The molecule has 1 aliphatic heterocycles. The van der Waals surface area contributed by atoms with Gasteiger partial charge in [0.15, 0.2) is 0 Å². The summed E-state index contributed by atoms with van der Waals surface area (Å²) in [5.41, 5.74) is 4.31. The summed E-state index contributed by atoms with van der Waals surface area (Å²) in [5, 5.41) is 3.02. The smallest absolute Gasteiger partial charge is 0.228 e. The molecule has 1 N–H and O–H groups in total. The molecule has 152 valence electrons. The van der Waals surface area contributed by atoms with E-state index in [4.69, 9.17) is 0 Å². The molecule has 0 spiro atoms. The Balaban J connectivity index is 1.26. The average Bonchev–Trinajstić information content (AvgIpc) is 3.53. The molecule has 2 aliphatic rings. The molecule has 2 fully saturated rings. The highest BCUT2D eigenvalue weighted by Crippen LogP contribution is 2.41. The molecule has 2 amide bonds. The first-order chi connectivity index (χ1) is 14.0. The molecule has 4 rings (SSSR count). The van der Waals surface area contributed by atoms with Crippen LogP contribution in [0.25, 0.3) is 0 Å². The Hall–Kier alpha value is -2.66. The molecule has 5 heteroatoms. The number of rotatable bonds is 5. The molecule has 1 saturated carbocycles. The van der Waals surface area contributed by atoms with Crippen LogP contribution in [0, 0.1) is 25.7 Å². The first-order valence-corrected chi connectivity index (χ1v) is 10.4. The van der Waals surface area contributed by atoms with Gasteiger partial charge in [0.1, 0.15) is 0 Å². The van der Waals surface area contributed by atoms with E-state index >= 15 is 0 Å². The molecule has 2 aromatic rings. The molecule has 0 bridgehead atoms. The second-order valence-electron chi connectivity index (χ2n) is 8.34. The summed E-state index contributed by atoms with van der Waals surface area (Å²) in [4.78, 5) is 29.8. The maximum atomic E-state index is 12.8. The van der Waals surface area contributed by atoms with Crippen molar-refractivity contribution < 1.29 is 9.59 Å². The van der Waals surface area contributed by atoms with Gasteiger partial charge in [0.05, 0.1) is 11.8 Å². The number of nitrogens with one attached hydrogen (secondary N) is 1.